The lowest BCUT2D eigenvalue weighted by Gasteiger charge is -2.26. The second-order valence-corrected chi connectivity index (χ2v) is 9.00. The summed E-state index contributed by atoms with van der Waals surface area (Å²) in [4.78, 5) is 28.1. The SMILES string of the molecule is Cc1ccc(N2C(=O)C(=O)/C(=C(/O)c3ccc(OC(C)C)c(C)c3)C2c2ccccc2)cc1C. The van der Waals surface area contributed by atoms with Crippen molar-refractivity contribution in [1.29, 1.82) is 0 Å². The number of ketones is 1. The average Bonchev–Trinajstić information content (AvgIpc) is 3.07. The van der Waals surface area contributed by atoms with Gasteiger partial charge in [-0.3, -0.25) is 14.5 Å². The molecular weight excluding hydrogens is 426 g/mol. The van der Waals surface area contributed by atoms with E-state index in [1.54, 1.807) is 18.2 Å². The van der Waals surface area contributed by atoms with Gasteiger partial charge in [0.15, 0.2) is 0 Å². The van der Waals surface area contributed by atoms with Crippen molar-refractivity contribution in [1.82, 2.24) is 0 Å². The van der Waals surface area contributed by atoms with Gasteiger partial charge in [-0.05, 0) is 87.2 Å². The number of carbonyl (C=O) groups is 2. The predicted octanol–water partition coefficient (Wildman–Crippen LogP) is 6.03. The minimum atomic E-state index is -0.741. The summed E-state index contributed by atoms with van der Waals surface area (Å²) >= 11 is 0. The summed E-state index contributed by atoms with van der Waals surface area (Å²) < 4.78 is 5.80. The van der Waals surface area contributed by atoms with Gasteiger partial charge >= 0.3 is 0 Å². The van der Waals surface area contributed by atoms with Gasteiger partial charge in [0.2, 0.25) is 0 Å². The molecule has 0 saturated carbocycles. The summed E-state index contributed by atoms with van der Waals surface area (Å²) in [5.74, 6) is -0.848. The minimum absolute atomic E-state index is 0.0134. The highest BCUT2D eigenvalue weighted by atomic mass is 16.5. The number of aliphatic hydroxyl groups excluding tert-OH is 1. The Hall–Kier alpha value is -3.86. The molecule has 0 spiro atoms. The molecule has 1 heterocycles. The number of aryl methyl sites for hydroxylation is 3. The second-order valence-electron chi connectivity index (χ2n) is 9.00. The van der Waals surface area contributed by atoms with Gasteiger partial charge in [0.1, 0.15) is 11.5 Å². The Kier molecular flexibility index (Phi) is 6.29. The van der Waals surface area contributed by atoms with E-state index in [0.29, 0.717) is 17.0 Å². The van der Waals surface area contributed by atoms with Crippen LogP contribution in [0.4, 0.5) is 5.69 Å². The molecule has 1 saturated heterocycles. The van der Waals surface area contributed by atoms with E-state index >= 15 is 0 Å². The van der Waals surface area contributed by atoms with Gasteiger partial charge in [-0.15, -0.1) is 0 Å². The fourth-order valence-electron chi connectivity index (χ4n) is 4.26. The van der Waals surface area contributed by atoms with Crippen LogP contribution in [0.15, 0.2) is 72.3 Å². The molecule has 1 N–H and O–H groups in total. The molecule has 174 valence electrons. The van der Waals surface area contributed by atoms with E-state index in [9.17, 15) is 14.7 Å². The van der Waals surface area contributed by atoms with Gasteiger partial charge < -0.3 is 9.84 Å². The summed E-state index contributed by atoms with van der Waals surface area (Å²) in [5, 5.41) is 11.3. The van der Waals surface area contributed by atoms with Gasteiger partial charge in [-0.2, -0.15) is 0 Å². The predicted molar refractivity (Wildman–Crippen MR) is 134 cm³/mol. The summed E-state index contributed by atoms with van der Waals surface area (Å²) in [6, 6.07) is 19.5. The molecule has 3 aromatic carbocycles. The number of nitrogens with zero attached hydrogens (tertiary/aromatic N) is 1. The van der Waals surface area contributed by atoms with Gasteiger partial charge in [0.05, 0.1) is 17.7 Å². The third kappa shape index (κ3) is 4.21. The molecule has 1 unspecified atom stereocenters. The maximum absolute atomic E-state index is 13.3. The lowest BCUT2D eigenvalue weighted by molar-refractivity contribution is -0.132. The highest BCUT2D eigenvalue weighted by molar-refractivity contribution is 6.51. The van der Waals surface area contributed by atoms with Gasteiger partial charge in [0.25, 0.3) is 11.7 Å². The number of hydrogen-bond acceptors (Lipinski definition) is 4. The molecule has 1 aliphatic heterocycles. The molecule has 1 aliphatic rings. The summed E-state index contributed by atoms with van der Waals surface area (Å²) in [5.41, 5.74) is 4.85. The number of amides is 1. The van der Waals surface area contributed by atoms with E-state index in [-0.39, 0.29) is 17.4 Å². The van der Waals surface area contributed by atoms with Crippen molar-refractivity contribution in [2.45, 2.75) is 46.8 Å². The molecule has 5 nitrogen and oxygen atoms in total. The van der Waals surface area contributed by atoms with Crippen LogP contribution in [-0.2, 0) is 9.59 Å². The number of rotatable bonds is 5. The molecule has 0 bridgehead atoms. The van der Waals surface area contributed by atoms with E-state index in [1.807, 2.05) is 83.1 Å². The number of carbonyl (C=O) groups excluding carboxylic acids is 2. The molecule has 5 heteroatoms. The summed E-state index contributed by atoms with van der Waals surface area (Å²) in [6.45, 7) is 9.74. The Balaban J connectivity index is 1.89. The lowest BCUT2D eigenvalue weighted by atomic mass is 9.94. The molecule has 1 amide bonds. The van der Waals surface area contributed by atoms with Crippen LogP contribution in [0.3, 0.4) is 0 Å². The molecule has 0 aliphatic carbocycles. The number of Topliss-reactive ketones (excluding diaryl/α,β-unsaturated/α-hetero) is 1. The van der Waals surface area contributed by atoms with Crippen LogP contribution in [0.5, 0.6) is 5.75 Å². The Bertz CT molecular complexity index is 1290. The Morgan fingerprint density at radius 3 is 2.21 bits per heavy atom. The van der Waals surface area contributed by atoms with Crippen LogP contribution >= 0.6 is 0 Å². The monoisotopic (exact) mass is 455 g/mol. The number of anilines is 1. The first-order chi connectivity index (χ1) is 16.2. The third-order valence-electron chi connectivity index (χ3n) is 6.14. The minimum Gasteiger partial charge on any atom is -0.507 e. The highest BCUT2D eigenvalue weighted by Crippen LogP contribution is 2.42. The van der Waals surface area contributed by atoms with Crippen LogP contribution < -0.4 is 9.64 Å². The Morgan fingerprint density at radius 1 is 0.882 bits per heavy atom. The van der Waals surface area contributed by atoms with Crippen LogP contribution in [0, 0.1) is 20.8 Å². The fourth-order valence-corrected chi connectivity index (χ4v) is 4.26. The zero-order valence-electron chi connectivity index (χ0n) is 20.1. The van der Waals surface area contributed by atoms with Crippen LogP contribution in [-0.4, -0.2) is 22.9 Å². The molecular formula is C29H29NO4. The summed E-state index contributed by atoms with van der Waals surface area (Å²) in [6.07, 6.45) is 0.0134. The van der Waals surface area contributed by atoms with Crippen molar-refractivity contribution in [2.24, 2.45) is 0 Å². The van der Waals surface area contributed by atoms with E-state index in [4.69, 9.17) is 4.74 Å². The normalized spacial score (nSPS) is 17.5. The largest absolute Gasteiger partial charge is 0.507 e. The van der Waals surface area contributed by atoms with Crippen LogP contribution in [0.25, 0.3) is 5.76 Å². The zero-order chi connectivity index (χ0) is 24.6. The third-order valence-corrected chi connectivity index (χ3v) is 6.14. The Labute approximate surface area is 200 Å². The summed E-state index contributed by atoms with van der Waals surface area (Å²) in [7, 11) is 0. The standard InChI is InChI=1S/C29H29NO4/c1-17(2)34-24-14-12-22(15-20(24)5)27(31)25-26(21-9-7-6-8-10-21)30(29(33)28(25)32)23-13-11-18(3)19(4)16-23/h6-17,26,31H,1-5H3/b27-25+. The molecule has 4 rings (SSSR count). The highest BCUT2D eigenvalue weighted by Gasteiger charge is 2.47. The molecule has 0 radical (unpaired) electrons. The van der Waals surface area contributed by atoms with Crippen molar-refractivity contribution >= 4 is 23.1 Å². The molecule has 34 heavy (non-hydrogen) atoms. The van der Waals surface area contributed by atoms with Crippen molar-refractivity contribution in [3.05, 3.63) is 100 Å². The van der Waals surface area contributed by atoms with Crippen molar-refractivity contribution in [3.63, 3.8) is 0 Å². The van der Waals surface area contributed by atoms with E-state index in [1.165, 1.54) is 4.90 Å². The molecule has 1 atom stereocenters. The van der Waals surface area contributed by atoms with Crippen LogP contribution in [0.2, 0.25) is 0 Å². The van der Waals surface area contributed by atoms with Gasteiger partial charge in [0, 0.05) is 11.3 Å². The van der Waals surface area contributed by atoms with Crippen molar-refractivity contribution in [3.8, 4) is 5.75 Å². The smallest absolute Gasteiger partial charge is 0.300 e. The Morgan fingerprint density at radius 2 is 1.59 bits per heavy atom. The number of aliphatic hydroxyl groups is 1. The van der Waals surface area contributed by atoms with E-state index in [2.05, 4.69) is 0 Å². The first kappa shape index (κ1) is 23.3. The van der Waals surface area contributed by atoms with Crippen LogP contribution in [0.1, 0.15) is 47.7 Å². The number of ether oxygens (including phenoxy) is 1. The molecule has 1 fully saturated rings. The lowest BCUT2D eigenvalue weighted by Crippen LogP contribution is -2.29. The van der Waals surface area contributed by atoms with E-state index in [0.717, 1.165) is 22.3 Å². The quantitative estimate of drug-likeness (QED) is 0.290. The number of hydrogen-bond donors (Lipinski definition) is 1. The van der Waals surface area contributed by atoms with Gasteiger partial charge in [-0.25, -0.2) is 0 Å². The molecule has 3 aromatic rings. The van der Waals surface area contributed by atoms with Crippen molar-refractivity contribution < 1.29 is 19.4 Å². The fraction of sp³-hybridized carbons (Fsp3) is 0.241. The first-order valence-electron chi connectivity index (χ1n) is 11.4. The first-order valence-corrected chi connectivity index (χ1v) is 11.4. The second kappa shape index (κ2) is 9.18. The average molecular weight is 456 g/mol. The zero-order valence-corrected chi connectivity index (χ0v) is 20.1. The molecule has 0 aromatic heterocycles. The maximum atomic E-state index is 13.3. The van der Waals surface area contributed by atoms with Crippen molar-refractivity contribution in [2.75, 3.05) is 4.90 Å². The number of benzene rings is 3. The maximum Gasteiger partial charge on any atom is 0.300 e. The van der Waals surface area contributed by atoms with Gasteiger partial charge in [-0.1, -0.05) is 36.4 Å². The topological polar surface area (TPSA) is 66.8 Å². The van der Waals surface area contributed by atoms with E-state index < -0.39 is 17.7 Å².